The lowest BCUT2D eigenvalue weighted by atomic mass is 9.87. The van der Waals surface area contributed by atoms with Crippen LogP contribution in [0.2, 0.25) is 0 Å². The van der Waals surface area contributed by atoms with Crippen molar-refractivity contribution < 1.29 is 9.47 Å². The highest BCUT2D eigenvalue weighted by molar-refractivity contribution is 5.85. The van der Waals surface area contributed by atoms with E-state index in [1.807, 2.05) is 24.1 Å². The molecule has 7 nitrogen and oxygen atoms in total. The number of hydrogen-bond donors (Lipinski definition) is 1. The quantitative estimate of drug-likeness (QED) is 0.684. The van der Waals surface area contributed by atoms with Crippen LogP contribution in [0, 0.1) is 5.92 Å². The monoisotopic (exact) mass is 407 g/mol. The fourth-order valence-electron chi connectivity index (χ4n) is 4.41. The van der Waals surface area contributed by atoms with Crippen LogP contribution in [0.15, 0.2) is 30.6 Å². The van der Waals surface area contributed by atoms with Gasteiger partial charge in [-0.2, -0.15) is 10.1 Å². The lowest BCUT2D eigenvalue weighted by Crippen LogP contribution is -2.26. The van der Waals surface area contributed by atoms with Crippen molar-refractivity contribution in [2.45, 2.75) is 51.2 Å². The maximum Gasteiger partial charge on any atom is 0.226 e. The van der Waals surface area contributed by atoms with Gasteiger partial charge in [-0.3, -0.25) is 4.68 Å². The van der Waals surface area contributed by atoms with Gasteiger partial charge in [-0.1, -0.05) is 13.0 Å². The van der Waals surface area contributed by atoms with E-state index in [9.17, 15) is 0 Å². The maximum absolute atomic E-state index is 6.29. The molecule has 1 atom stereocenters. The number of aromatic nitrogens is 4. The Kier molecular flexibility index (Phi) is 5.29. The van der Waals surface area contributed by atoms with E-state index in [1.165, 1.54) is 12.8 Å². The lowest BCUT2D eigenvalue weighted by Gasteiger charge is -2.27. The van der Waals surface area contributed by atoms with E-state index in [2.05, 4.69) is 40.5 Å². The minimum atomic E-state index is 0.0316. The molecule has 3 aromatic rings. The molecule has 7 heteroatoms. The Morgan fingerprint density at radius 3 is 2.80 bits per heavy atom. The van der Waals surface area contributed by atoms with Gasteiger partial charge in [0.15, 0.2) is 0 Å². The number of ether oxygens (including phenoxy) is 2. The van der Waals surface area contributed by atoms with Gasteiger partial charge in [0.25, 0.3) is 0 Å². The fraction of sp³-hybridized carbons (Fsp3) is 0.522. The van der Waals surface area contributed by atoms with Crippen molar-refractivity contribution in [2.24, 2.45) is 13.0 Å². The topological polar surface area (TPSA) is 74.1 Å². The second-order valence-corrected chi connectivity index (χ2v) is 8.66. The van der Waals surface area contributed by atoms with Crippen molar-refractivity contribution >= 4 is 16.9 Å². The van der Waals surface area contributed by atoms with Gasteiger partial charge in [-0.15, -0.1) is 0 Å². The molecule has 2 aromatic heterocycles. The Morgan fingerprint density at radius 1 is 1.13 bits per heavy atom. The largest absolute Gasteiger partial charge is 0.471 e. The van der Waals surface area contributed by atoms with Gasteiger partial charge in [0.2, 0.25) is 11.8 Å². The molecule has 1 aromatic carbocycles. The number of fused-ring (bicyclic) bond motifs is 1. The zero-order valence-corrected chi connectivity index (χ0v) is 17.7. The molecule has 5 rings (SSSR count). The summed E-state index contributed by atoms with van der Waals surface area (Å²) in [6.45, 7) is 3.67. The number of benzene rings is 1. The summed E-state index contributed by atoms with van der Waals surface area (Å²) in [5.41, 5.74) is 3.02. The molecular formula is C23H29N5O2. The van der Waals surface area contributed by atoms with E-state index < -0.39 is 0 Å². The Hall–Kier alpha value is -2.67. The number of nitrogens with zero attached hydrogens (tertiary/aromatic N) is 4. The maximum atomic E-state index is 6.29. The zero-order chi connectivity index (χ0) is 20.5. The van der Waals surface area contributed by atoms with Crippen LogP contribution in [-0.2, 0) is 11.8 Å². The Balaban J connectivity index is 1.45. The first-order valence-electron chi connectivity index (χ1n) is 11.0. The van der Waals surface area contributed by atoms with Gasteiger partial charge in [-0.05, 0) is 49.3 Å². The summed E-state index contributed by atoms with van der Waals surface area (Å²) < 4.78 is 13.7. The SMILES string of the molecule is Cn1ncc2cc(-c3cnc(N[C@H]4CC[C@H](C)CC4)nc3O[C@@H]3CCOC3)ccc21. The molecule has 1 saturated heterocycles. The molecule has 0 bridgehead atoms. The molecular weight excluding hydrogens is 378 g/mol. The van der Waals surface area contributed by atoms with Gasteiger partial charge in [-0.25, -0.2) is 4.98 Å². The molecule has 3 heterocycles. The minimum absolute atomic E-state index is 0.0316. The Labute approximate surface area is 176 Å². The molecule has 0 spiro atoms. The van der Waals surface area contributed by atoms with Crippen molar-refractivity contribution in [1.29, 1.82) is 0 Å². The van der Waals surface area contributed by atoms with Crippen LogP contribution in [0.3, 0.4) is 0 Å². The average Bonchev–Trinajstić information content (AvgIpc) is 3.40. The first kappa shape index (κ1) is 19.3. The third-order valence-electron chi connectivity index (χ3n) is 6.33. The summed E-state index contributed by atoms with van der Waals surface area (Å²) in [4.78, 5) is 9.42. The first-order chi connectivity index (χ1) is 14.7. The second kappa shape index (κ2) is 8.22. The molecule has 30 heavy (non-hydrogen) atoms. The Morgan fingerprint density at radius 2 is 2.00 bits per heavy atom. The van der Waals surface area contributed by atoms with E-state index in [0.29, 0.717) is 24.5 Å². The highest BCUT2D eigenvalue weighted by Gasteiger charge is 2.23. The summed E-state index contributed by atoms with van der Waals surface area (Å²) >= 11 is 0. The molecule has 1 aliphatic carbocycles. The van der Waals surface area contributed by atoms with Crippen LogP contribution >= 0.6 is 0 Å². The predicted octanol–water partition coefficient (Wildman–Crippen LogP) is 4.19. The van der Waals surface area contributed by atoms with E-state index in [1.54, 1.807) is 0 Å². The Bertz CT molecular complexity index is 1020. The van der Waals surface area contributed by atoms with Gasteiger partial charge in [0, 0.05) is 31.1 Å². The van der Waals surface area contributed by atoms with Crippen molar-refractivity contribution in [3.8, 4) is 17.0 Å². The smallest absolute Gasteiger partial charge is 0.226 e. The summed E-state index contributed by atoms with van der Waals surface area (Å²) in [5.74, 6) is 2.08. The summed E-state index contributed by atoms with van der Waals surface area (Å²) in [6.07, 6.45) is 9.51. The normalized spacial score (nSPS) is 24.3. The number of rotatable bonds is 5. The van der Waals surface area contributed by atoms with Crippen molar-refractivity contribution in [3.05, 3.63) is 30.6 Å². The number of anilines is 1. The van der Waals surface area contributed by atoms with Gasteiger partial charge in [0.05, 0.1) is 30.5 Å². The second-order valence-electron chi connectivity index (χ2n) is 8.66. The molecule has 1 aliphatic heterocycles. The van der Waals surface area contributed by atoms with Gasteiger partial charge < -0.3 is 14.8 Å². The molecule has 0 unspecified atom stereocenters. The van der Waals surface area contributed by atoms with Gasteiger partial charge in [0.1, 0.15) is 6.10 Å². The highest BCUT2D eigenvalue weighted by atomic mass is 16.5. The van der Waals surface area contributed by atoms with Crippen LogP contribution in [0.1, 0.15) is 39.0 Å². The molecule has 0 radical (unpaired) electrons. The molecule has 0 amide bonds. The van der Waals surface area contributed by atoms with Crippen LogP contribution < -0.4 is 10.1 Å². The number of aryl methyl sites for hydroxylation is 1. The number of nitrogens with one attached hydrogen (secondary N) is 1. The molecule has 2 fully saturated rings. The van der Waals surface area contributed by atoms with E-state index in [0.717, 1.165) is 53.8 Å². The average molecular weight is 408 g/mol. The molecule has 2 aliphatic rings. The van der Waals surface area contributed by atoms with Crippen molar-refractivity contribution in [3.63, 3.8) is 0 Å². The predicted molar refractivity (Wildman–Crippen MR) is 117 cm³/mol. The van der Waals surface area contributed by atoms with Crippen LogP contribution in [0.25, 0.3) is 22.0 Å². The molecule has 158 valence electrons. The molecule has 1 N–H and O–H groups in total. The first-order valence-corrected chi connectivity index (χ1v) is 11.0. The standard InChI is InChI=1S/C23H29N5O2/c1-15-3-6-18(7-4-15)26-23-24-13-20(22(27-23)30-19-9-10-29-14-19)16-5-8-21-17(11-16)12-25-28(21)2/h5,8,11-13,15,18-19H,3-4,6-7,9-10,14H2,1-2H3,(H,24,26,27)/t15-,18-,19-/m1/s1. The summed E-state index contributed by atoms with van der Waals surface area (Å²) in [7, 11) is 1.95. The summed E-state index contributed by atoms with van der Waals surface area (Å²) in [6, 6.07) is 6.71. The number of hydrogen-bond acceptors (Lipinski definition) is 6. The van der Waals surface area contributed by atoms with Crippen LogP contribution in [0.5, 0.6) is 5.88 Å². The van der Waals surface area contributed by atoms with Gasteiger partial charge >= 0.3 is 0 Å². The highest BCUT2D eigenvalue weighted by Crippen LogP contribution is 2.33. The lowest BCUT2D eigenvalue weighted by molar-refractivity contribution is 0.138. The third-order valence-corrected chi connectivity index (χ3v) is 6.33. The zero-order valence-electron chi connectivity index (χ0n) is 17.7. The van der Waals surface area contributed by atoms with E-state index in [4.69, 9.17) is 14.5 Å². The van der Waals surface area contributed by atoms with Crippen LogP contribution in [-0.4, -0.2) is 45.1 Å². The van der Waals surface area contributed by atoms with Crippen LogP contribution in [0.4, 0.5) is 5.95 Å². The summed E-state index contributed by atoms with van der Waals surface area (Å²) in [5, 5.41) is 8.97. The van der Waals surface area contributed by atoms with E-state index >= 15 is 0 Å². The van der Waals surface area contributed by atoms with Crippen molar-refractivity contribution in [2.75, 3.05) is 18.5 Å². The molecule has 1 saturated carbocycles. The van der Waals surface area contributed by atoms with E-state index in [-0.39, 0.29) is 6.10 Å². The van der Waals surface area contributed by atoms with Crippen molar-refractivity contribution in [1.82, 2.24) is 19.7 Å². The minimum Gasteiger partial charge on any atom is -0.471 e. The third kappa shape index (κ3) is 3.99. The fourth-order valence-corrected chi connectivity index (χ4v) is 4.41.